The quantitative estimate of drug-likeness (QED) is 0.474. The number of benzene rings is 1. The zero-order chi connectivity index (χ0) is 13.8. The highest BCUT2D eigenvalue weighted by Crippen LogP contribution is 2.32. The number of rotatable bonds is 3. The van der Waals surface area contributed by atoms with Crippen LogP contribution in [0, 0.1) is 0 Å². The molecule has 0 atom stereocenters. The maximum absolute atomic E-state index is 11.1. The van der Waals surface area contributed by atoms with Crippen molar-refractivity contribution >= 4 is 17.5 Å². The summed E-state index contributed by atoms with van der Waals surface area (Å²) in [5.74, 6) is -0.508. The maximum atomic E-state index is 11.1. The summed E-state index contributed by atoms with van der Waals surface area (Å²) in [4.78, 5) is 22.1. The van der Waals surface area contributed by atoms with E-state index in [1.54, 1.807) is 24.3 Å². The van der Waals surface area contributed by atoms with Gasteiger partial charge in [0.15, 0.2) is 11.5 Å². The van der Waals surface area contributed by atoms with Crippen LogP contribution in [-0.2, 0) is 9.59 Å². The molecule has 0 N–H and O–H groups in total. The SMILES string of the molecule is CC(=O)Oc1ccc(C2=C=CC=C2)cc1OC(C)=O. The Labute approximate surface area is 110 Å². The lowest BCUT2D eigenvalue weighted by Gasteiger charge is -2.10. The van der Waals surface area contributed by atoms with Gasteiger partial charge in [-0.05, 0) is 35.9 Å². The van der Waals surface area contributed by atoms with Gasteiger partial charge in [0.05, 0.1) is 0 Å². The van der Waals surface area contributed by atoms with Crippen LogP contribution in [0.15, 0.2) is 42.2 Å². The summed E-state index contributed by atoms with van der Waals surface area (Å²) in [6.07, 6.45) is 5.54. The van der Waals surface area contributed by atoms with Crippen LogP contribution in [0.3, 0.4) is 0 Å². The second-order valence-corrected chi connectivity index (χ2v) is 3.93. The Balaban J connectivity index is 2.40. The van der Waals surface area contributed by atoms with Crippen molar-refractivity contribution < 1.29 is 19.1 Å². The molecule has 0 bridgehead atoms. The van der Waals surface area contributed by atoms with E-state index in [1.165, 1.54) is 13.8 Å². The van der Waals surface area contributed by atoms with E-state index in [2.05, 4.69) is 5.73 Å². The van der Waals surface area contributed by atoms with Crippen molar-refractivity contribution in [1.29, 1.82) is 0 Å². The number of esters is 2. The third kappa shape index (κ3) is 3.21. The summed E-state index contributed by atoms with van der Waals surface area (Å²) in [6.45, 7) is 2.58. The molecular weight excluding hydrogens is 244 g/mol. The fourth-order valence-corrected chi connectivity index (χ4v) is 1.66. The summed E-state index contributed by atoms with van der Waals surface area (Å²) in [5.41, 5.74) is 4.75. The van der Waals surface area contributed by atoms with Gasteiger partial charge in [-0.3, -0.25) is 9.59 Å². The van der Waals surface area contributed by atoms with E-state index in [0.29, 0.717) is 0 Å². The van der Waals surface area contributed by atoms with E-state index >= 15 is 0 Å². The second-order valence-electron chi connectivity index (χ2n) is 3.93. The van der Waals surface area contributed by atoms with Crippen LogP contribution in [0.4, 0.5) is 0 Å². The fourth-order valence-electron chi connectivity index (χ4n) is 1.66. The lowest BCUT2D eigenvalue weighted by Crippen LogP contribution is -2.07. The third-order valence-electron chi connectivity index (χ3n) is 2.36. The molecule has 0 spiro atoms. The molecule has 1 aliphatic carbocycles. The number of allylic oxidation sites excluding steroid dienone is 3. The first-order valence-electron chi connectivity index (χ1n) is 5.71. The molecule has 19 heavy (non-hydrogen) atoms. The lowest BCUT2D eigenvalue weighted by molar-refractivity contribution is -0.134. The van der Waals surface area contributed by atoms with Crippen LogP contribution in [0.5, 0.6) is 11.5 Å². The highest BCUT2D eigenvalue weighted by atomic mass is 16.6. The van der Waals surface area contributed by atoms with Gasteiger partial charge in [0.1, 0.15) is 0 Å². The zero-order valence-corrected chi connectivity index (χ0v) is 10.6. The molecular formula is C15H12O4. The third-order valence-corrected chi connectivity index (χ3v) is 2.36. The van der Waals surface area contributed by atoms with E-state index in [1.807, 2.05) is 12.2 Å². The number of hydrogen-bond acceptors (Lipinski definition) is 4. The number of hydrogen-bond donors (Lipinski definition) is 0. The smallest absolute Gasteiger partial charge is 0.308 e. The van der Waals surface area contributed by atoms with Gasteiger partial charge in [-0.2, -0.15) is 0 Å². The Bertz CT molecular complexity index is 632. The van der Waals surface area contributed by atoms with Gasteiger partial charge < -0.3 is 9.47 Å². The van der Waals surface area contributed by atoms with E-state index in [0.717, 1.165) is 11.1 Å². The van der Waals surface area contributed by atoms with Crippen LogP contribution in [0.1, 0.15) is 19.4 Å². The molecule has 0 saturated carbocycles. The molecule has 96 valence electrons. The van der Waals surface area contributed by atoms with Crippen LogP contribution in [-0.4, -0.2) is 11.9 Å². The molecule has 0 fully saturated rings. The molecule has 0 heterocycles. The van der Waals surface area contributed by atoms with E-state index in [-0.39, 0.29) is 11.5 Å². The molecule has 2 rings (SSSR count). The van der Waals surface area contributed by atoms with Gasteiger partial charge in [0.2, 0.25) is 0 Å². The Morgan fingerprint density at radius 1 is 1.05 bits per heavy atom. The Morgan fingerprint density at radius 2 is 1.74 bits per heavy atom. The largest absolute Gasteiger partial charge is 0.423 e. The predicted octanol–water partition coefficient (Wildman–Crippen LogP) is 2.65. The molecule has 4 heteroatoms. The molecule has 1 aromatic carbocycles. The zero-order valence-electron chi connectivity index (χ0n) is 10.6. The fraction of sp³-hybridized carbons (Fsp3) is 0.133. The van der Waals surface area contributed by atoms with Crippen LogP contribution in [0.2, 0.25) is 0 Å². The first-order valence-corrected chi connectivity index (χ1v) is 5.71. The van der Waals surface area contributed by atoms with E-state index in [4.69, 9.17) is 9.47 Å². The summed E-state index contributed by atoms with van der Waals surface area (Å²) < 4.78 is 10.0. The first-order chi connectivity index (χ1) is 9.06. The summed E-state index contributed by atoms with van der Waals surface area (Å²) in [5, 5.41) is 0. The standard InChI is InChI=1S/C15H12O4/c1-10(16)18-14-8-7-13(12-5-3-4-6-12)9-15(14)19-11(2)17/h3-5,7-9H,1-2H3. The lowest BCUT2D eigenvalue weighted by atomic mass is 10.1. The highest BCUT2D eigenvalue weighted by Gasteiger charge is 2.12. The average molecular weight is 256 g/mol. The van der Waals surface area contributed by atoms with Gasteiger partial charge in [-0.1, -0.05) is 6.08 Å². The number of carbonyl (C=O) groups is 2. The van der Waals surface area contributed by atoms with Crippen LogP contribution < -0.4 is 9.47 Å². The highest BCUT2D eigenvalue weighted by molar-refractivity contribution is 5.79. The molecule has 1 aromatic rings. The predicted molar refractivity (Wildman–Crippen MR) is 69.7 cm³/mol. The van der Waals surface area contributed by atoms with Crippen molar-refractivity contribution in [3.8, 4) is 11.5 Å². The monoisotopic (exact) mass is 256 g/mol. The maximum Gasteiger partial charge on any atom is 0.308 e. The van der Waals surface area contributed by atoms with Crippen LogP contribution >= 0.6 is 0 Å². The molecule has 0 saturated heterocycles. The van der Waals surface area contributed by atoms with Crippen molar-refractivity contribution in [1.82, 2.24) is 0 Å². The van der Waals surface area contributed by atoms with Crippen molar-refractivity contribution in [2.24, 2.45) is 0 Å². The minimum absolute atomic E-state index is 0.217. The Kier molecular flexibility index (Phi) is 3.64. The molecule has 0 aliphatic heterocycles. The topological polar surface area (TPSA) is 52.6 Å². The van der Waals surface area contributed by atoms with Gasteiger partial charge >= 0.3 is 11.9 Å². The average Bonchev–Trinajstić information content (AvgIpc) is 2.83. The molecule has 4 nitrogen and oxygen atoms in total. The second kappa shape index (κ2) is 5.38. The van der Waals surface area contributed by atoms with Crippen molar-refractivity contribution in [2.75, 3.05) is 0 Å². The number of carbonyl (C=O) groups excluding carboxylic acids is 2. The summed E-state index contributed by atoms with van der Waals surface area (Å²) >= 11 is 0. The summed E-state index contributed by atoms with van der Waals surface area (Å²) in [7, 11) is 0. The summed E-state index contributed by atoms with van der Waals surface area (Å²) in [6, 6.07) is 5.01. The minimum Gasteiger partial charge on any atom is -0.423 e. The van der Waals surface area contributed by atoms with Crippen molar-refractivity contribution in [3.05, 3.63) is 47.7 Å². The Morgan fingerprint density at radius 3 is 2.32 bits per heavy atom. The molecule has 0 unspecified atom stereocenters. The molecule has 0 radical (unpaired) electrons. The molecule has 0 aromatic heterocycles. The Hall–Kier alpha value is -2.58. The first kappa shape index (κ1) is 12.9. The van der Waals surface area contributed by atoms with Crippen molar-refractivity contribution in [2.45, 2.75) is 13.8 Å². The van der Waals surface area contributed by atoms with Gasteiger partial charge in [-0.15, -0.1) is 5.73 Å². The van der Waals surface area contributed by atoms with Gasteiger partial charge in [0, 0.05) is 19.4 Å². The van der Waals surface area contributed by atoms with Crippen molar-refractivity contribution in [3.63, 3.8) is 0 Å². The number of ether oxygens (including phenoxy) is 2. The van der Waals surface area contributed by atoms with E-state index in [9.17, 15) is 9.59 Å². The van der Waals surface area contributed by atoms with Crippen LogP contribution in [0.25, 0.3) is 5.57 Å². The van der Waals surface area contributed by atoms with E-state index < -0.39 is 11.9 Å². The van der Waals surface area contributed by atoms with Gasteiger partial charge in [0.25, 0.3) is 0 Å². The molecule has 1 aliphatic rings. The minimum atomic E-state index is -0.475. The normalized spacial score (nSPS) is 12.2. The van der Waals surface area contributed by atoms with Gasteiger partial charge in [-0.25, -0.2) is 0 Å². The molecule has 0 amide bonds.